The van der Waals surface area contributed by atoms with Gasteiger partial charge in [-0.25, -0.2) is 0 Å². The minimum absolute atomic E-state index is 0.182. The highest BCUT2D eigenvalue weighted by Gasteiger charge is 2.24. The van der Waals surface area contributed by atoms with Crippen molar-refractivity contribution in [2.24, 2.45) is 0 Å². The summed E-state index contributed by atoms with van der Waals surface area (Å²) in [5, 5.41) is 0. The lowest BCUT2D eigenvalue weighted by Crippen LogP contribution is -2.52. The Kier molecular flexibility index (Phi) is 7.65. The molecule has 4 aromatic carbocycles. The number of hydrogen-bond acceptors (Lipinski definition) is 1. The predicted octanol–water partition coefficient (Wildman–Crippen LogP) is 5.59. The second-order valence-corrected chi connectivity index (χ2v) is 7.70. The zero-order chi connectivity index (χ0) is 22.7. The van der Waals surface area contributed by atoms with E-state index in [1.54, 1.807) is 12.4 Å². The Balaban J connectivity index is 0.000000376. The van der Waals surface area contributed by atoms with Crippen LogP contribution in [0.1, 0.15) is 5.56 Å². The Morgan fingerprint density at radius 1 is 0.576 bits per heavy atom. The molecule has 33 heavy (non-hydrogen) atoms. The second-order valence-electron chi connectivity index (χ2n) is 7.70. The van der Waals surface area contributed by atoms with Gasteiger partial charge in [0, 0.05) is 12.4 Å². The molecular weight excluding hydrogens is 397 g/mol. The zero-order valence-corrected chi connectivity index (χ0v) is 18.6. The highest BCUT2D eigenvalue weighted by Crippen LogP contribution is 2.20. The quantitative estimate of drug-likeness (QED) is 0.336. The predicted molar refractivity (Wildman–Crippen MR) is 144 cm³/mol. The maximum atomic E-state index is 3.96. The van der Waals surface area contributed by atoms with Crippen molar-refractivity contribution in [1.82, 2.24) is 4.98 Å². The van der Waals surface area contributed by atoms with Crippen LogP contribution in [0.5, 0.6) is 0 Å². The molecular formula is C31H26BN. The van der Waals surface area contributed by atoms with Gasteiger partial charge in [-0.15, -0.1) is 0 Å². The molecule has 2 heteroatoms. The molecule has 1 nitrogen and oxygen atoms in total. The molecule has 5 aromatic rings. The molecule has 0 radical (unpaired) electrons. The zero-order valence-electron chi connectivity index (χ0n) is 18.6. The van der Waals surface area contributed by atoms with E-state index >= 15 is 0 Å². The molecule has 0 bridgehead atoms. The minimum atomic E-state index is 0.182. The average Bonchev–Trinajstić information content (AvgIpc) is 2.92. The number of hydrogen-bond donors (Lipinski definition) is 0. The maximum absolute atomic E-state index is 3.96. The van der Waals surface area contributed by atoms with Crippen LogP contribution in [0.4, 0.5) is 0 Å². The lowest BCUT2D eigenvalue weighted by molar-refractivity contribution is 1.33. The first-order chi connectivity index (χ1) is 16.4. The number of benzene rings is 4. The molecule has 0 atom stereocenters. The van der Waals surface area contributed by atoms with E-state index in [1.165, 1.54) is 27.5 Å². The highest BCUT2D eigenvalue weighted by molar-refractivity contribution is 6.96. The third kappa shape index (κ3) is 5.75. The van der Waals surface area contributed by atoms with Crippen LogP contribution >= 0.6 is 0 Å². The van der Waals surface area contributed by atoms with Crippen LogP contribution in [-0.4, -0.2) is 11.7 Å². The van der Waals surface area contributed by atoms with Gasteiger partial charge in [0.05, 0.1) is 0 Å². The lowest BCUT2D eigenvalue weighted by atomic mass is 9.36. The highest BCUT2D eigenvalue weighted by atomic mass is 14.6. The fraction of sp³-hybridized carbons (Fsp3) is 0. The van der Waals surface area contributed by atoms with Crippen molar-refractivity contribution in [1.29, 1.82) is 0 Å². The van der Waals surface area contributed by atoms with E-state index in [-0.39, 0.29) is 6.71 Å². The average molecular weight is 423 g/mol. The van der Waals surface area contributed by atoms with Gasteiger partial charge in [0.25, 0.3) is 0 Å². The fourth-order valence-electron chi connectivity index (χ4n) is 3.98. The summed E-state index contributed by atoms with van der Waals surface area (Å²) in [6.45, 7) is 4.14. The molecule has 158 valence electrons. The van der Waals surface area contributed by atoms with Crippen molar-refractivity contribution < 1.29 is 0 Å². The van der Waals surface area contributed by atoms with Gasteiger partial charge in [0.2, 0.25) is 6.71 Å². The van der Waals surface area contributed by atoms with E-state index in [2.05, 4.69) is 121 Å². The van der Waals surface area contributed by atoms with Crippen LogP contribution < -0.4 is 16.4 Å². The Morgan fingerprint density at radius 3 is 1.55 bits per heavy atom. The molecule has 1 heterocycles. The van der Waals surface area contributed by atoms with Crippen molar-refractivity contribution in [3.8, 4) is 11.1 Å². The molecule has 0 saturated carbocycles. The topological polar surface area (TPSA) is 12.9 Å². The van der Waals surface area contributed by atoms with Crippen LogP contribution in [0.15, 0.2) is 146 Å². The number of aromatic nitrogens is 1. The molecule has 0 saturated heterocycles. The lowest BCUT2D eigenvalue weighted by Gasteiger charge is -2.20. The van der Waals surface area contributed by atoms with E-state index < -0.39 is 0 Å². The van der Waals surface area contributed by atoms with Crippen molar-refractivity contribution in [2.45, 2.75) is 0 Å². The molecule has 0 aliphatic carbocycles. The molecule has 0 fully saturated rings. The van der Waals surface area contributed by atoms with Gasteiger partial charge < -0.3 is 0 Å². The van der Waals surface area contributed by atoms with Crippen molar-refractivity contribution in [3.05, 3.63) is 152 Å². The fourth-order valence-corrected chi connectivity index (χ4v) is 3.98. The monoisotopic (exact) mass is 423 g/mol. The summed E-state index contributed by atoms with van der Waals surface area (Å²) < 4.78 is 0. The van der Waals surface area contributed by atoms with Crippen molar-refractivity contribution in [2.75, 3.05) is 0 Å². The first-order valence-electron chi connectivity index (χ1n) is 11.1. The first kappa shape index (κ1) is 22.0. The number of nitrogens with zero attached hydrogens (tertiary/aromatic N) is 1. The van der Waals surface area contributed by atoms with E-state index in [4.69, 9.17) is 0 Å². The summed E-state index contributed by atoms with van der Waals surface area (Å²) in [4.78, 5) is 3.78. The Bertz CT molecular complexity index is 1190. The third-order valence-electron chi connectivity index (χ3n) is 5.54. The summed E-state index contributed by atoms with van der Waals surface area (Å²) >= 11 is 0. The molecule has 0 amide bonds. The molecule has 1 aromatic heterocycles. The van der Waals surface area contributed by atoms with Crippen LogP contribution in [0.25, 0.3) is 17.2 Å². The van der Waals surface area contributed by atoms with E-state index in [0.717, 1.165) is 5.56 Å². The van der Waals surface area contributed by atoms with Gasteiger partial charge in [-0.3, -0.25) is 4.98 Å². The largest absolute Gasteiger partial charge is 0.265 e. The Labute approximate surface area is 197 Å². The van der Waals surface area contributed by atoms with Gasteiger partial charge in [0.15, 0.2) is 0 Å². The van der Waals surface area contributed by atoms with Gasteiger partial charge >= 0.3 is 0 Å². The van der Waals surface area contributed by atoms with Crippen LogP contribution in [0, 0.1) is 0 Å². The second kappa shape index (κ2) is 11.5. The van der Waals surface area contributed by atoms with Gasteiger partial charge in [-0.1, -0.05) is 138 Å². The first-order valence-corrected chi connectivity index (χ1v) is 11.1. The third-order valence-corrected chi connectivity index (χ3v) is 5.54. The van der Waals surface area contributed by atoms with E-state index in [0.29, 0.717) is 0 Å². The molecule has 0 spiro atoms. The summed E-state index contributed by atoms with van der Waals surface area (Å²) in [6.07, 6.45) is 5.41. The van der Waals surface area contributed by atoms with E-state index in [9.17, 15) is 0 Å². The Hall–Kier alpha value is -4.17. The SMILES string of the molecule is C=Cc1ccc(B(c2ccccc2)c2ccccc2)c(-c2ccccc2)c1.c1ccncc1. The summed E-state index contributed by atoms with van der Waals surface area (Å²) in [5.74, 6) is 0. The molecule has 0 N–H and O–H groups in total. The van der Waals surface area contributed by atoms with E-state index in [1.807, 2.05) is 24.3 Å². The number of pyridine rings is 1. The summed E-state index contributed by atoms with van der Waals surface area (Å²) in [7, 11) is 0. The van der Waals surface area contributed by atoms with Crippen LogP contribution in [-0.2, 0) is 0 Å². The Morgan fingerprint density at radius 2 is 1.09 bits per heavy atom. The molecule has 0 aliphatic heterocycles. The van der Waals surface area contributed by atoms with Crippen LogP contribution in [0.2, 0.25) is 0 Å². The van der Waals surface area contributed by atoms with Gasteiger partial charge in [-0.2, -0.15) is 0 Å². The summed E-state index contributed by atoms with van der Waals surface area (Å²) in [6, 6.07) is 44.5. The smallest absolute Gasteiger partial charge is 0.241 e. The molecule has 5 rings (SSSR count). The van der Waals surface area contributed by atoms with Crippen molar-refractivity contribution in [3.63, 3.8) is 0 Å². The summed E-state index contributed by atoms with van der Waals surface area (Å²) in [5.41, 5.74) is 7.53. The van der Waals surface area contributed by atoms with Crippen molar-refractivity contribution >= 4 is 29.2 Å². The maximum Gasteiger partial charge on any atom is 0.241 e. The van der Waals surface area contributed by atoms with Gasteiger partial charge in [0.1, 0.15) is 0 Å². The molecule has 0 aliphatic rings. The van der Waals surface area contributed by atoms with Crippen LogP contribution in [0.3, 0.4) is 0 Å². The normalized spacial score (nSPS) is 9.94. The standard InChI is InChI=1S/C26H21B.C5H5N/c1-2-21-18-19-26(25(20-21)22-12-6-3-7-13-22)27(23-14-8-4-9-15-23)24-16-10-5-11-17-24;1-2-4-6-5-3-1/h2-20H,1H2;1-5H. The molecule has 0 unspecified atom stereocenters. The number of rotatable bonds is 5. The minimum Gasteiger partial charge on any atom is -0.265 e. The van der Waals surface area contributed by atoms with Gasteiger partial charge in [-0.05, 0) is 34.9 Å².